The van der Waals surface area contributed by atoms with E-state index in [1.165, 1.54) is 32.1 Å². The lowest BCUT2D eigenvalue weighted by molar-refractivity contribution is 0.622. The summed E-state index contributed by atoms with van der Waals surface area (Å²) in [5.41, 5.74) is 8.23. The highest BCUT2D eigenvalue weighted by molar-refractivity contribution is 5.16. The van der Waals surface area contributed by atoms with E-state index in [2.05, 4.69) is 23.8 Å². The minimum absolute atomic E-state index is 0.108. The summed E-state index contributed by atoms with van der Waals surface area (Å²) in [6, 6.07) is 0.108. The van der Waals surface area contributed by atoms with Gasteiger partial charge >= 0.3 is 0 Å². The second-order valence-corrected chi connectivity index (χ2v) is 4.86. The van der Waals surface area contributed by atoms with Gasteiger partial charge in [-0.1, -0.05) is 39.5 Å². The number of nitrogens with zero attached hydrogens (tertiary/aromatic N) is 1. The Morgan fingerprint density at radius 3 is 2.53 bits per heavy atom. The van der Waals surface area contributed by atoms with Gasteiger partial charge in [0, 0.05) is 12.5 Å². The van der Waals surface area contributed by atoms with Crippen LogP contribution in [0, 0.1) is 6.92 Å². The van der Waals surface area contributed by atoms with E-state index in [0.717, 1.165) is 30.1 Å². The minimum Gasteiger partial charge on any atom is -0.344 e. The molecule has 3 nitrogen and oxygen atoms in total. The van der Waals surface area contributed by atoms with Gasteiger partial charge in [0.25, 0.3) is 0 Å². The SMILES string of the molecule is CCCCCCCc1nc(C)c(C(N)CC)[nH]1. The maximum Gasteiger partial charge on any atom is 0.106 e. The lowest BCUT2D eigenvalue weighted by atomic mass is 10.1. The molecule has 1 aromatic rings. The number of aromatic nitrogens is 2. The molecule has 3 heteroatoms. The molecule has 0 saturated carbocycles. The normalized spacial score (nSPS) is 12.9. The van der Waals surface area contributed by atoms with E-state index in [1.807, 2.05) is 6.92 Å². The molecule has 0 aliphatic heterocycles. The van der Waals surface area contributed by atoms with Crippen molar-refractivity contribution >= 4 is 0 Å². The van der Waals surface area contributed by atoms with Crippen molar-refractivity contribution in [2.45, 2.75) is 71.8 Å². The first-order valence-electron chi connectivity index (χ1n) is 7.00. The third kappa shape index (κ3) is 4.50. The number of imidazole rings is 1. The molecule has 1 heterocycles. The van der Waals surface area contributed by atoms with Crippen LogP contribution in [0.2, 0.25) is 0 Å². The van der Waals surface area contributed by atoms with Gasteiger partial charge < -0.3 is 10.7 Å². The van der Waals surface area contributed by atoms with Gasteiger partial charge in [0.1, 0.15) is 5.82 Å². The molecule has 0 fully saturated rings. The van der Waals surface area contributed by atoms with Gasteiger partial charge in [-0.2, -0.15) is 0 Å². The molecule has 17 heavy (non-hydrogen) atoms. The minimum atomic E-state index is 0.108. The van der Waals surface area contributed by atoms with Crippen LogP contribution in [0.25, 0.3) is 0 Å². The highest BCUT2D eigenvalue weighted by atomic mass is 15.0. The van der Waals surface area contributed by atoms with E-state index < -0.39 is 0 Å². The summed E-state index contributed by atoms with van der Waals surface area (Å²) in [5, 5.41) is 0. The lowest BCUT2D eigenvalue weighted by Gasteiger charge is -2.06. The Balaban J connectivity index is 2.39. The Morgan fingerprint density at radius 1 is 1.18 bits per heavy atom. The zero-order valence-electron chi connectivity index (χ0n) is 11.6. The first-order chi connectivity index (χ1) is 8.19. The highest BCUT2D eigenvalue weighted by Gasteiger charge is 2.11. The van der Waals surface area contributed by atoms with Gasteiger partial charge in [-0.3, -0.25) is 0 Å². The van der Waals surface area contributed by atoms with Crippen LogP contribution in [0.5, 0.6) is 0 Å². The topological polar surface area (TPSA) is 54.7 Å². The number of hydrogen-bond donors (Lipinski definition) is 2. The van der Waals surface area contributed by atoms with Crippen molar-refractivity contribution in [3.63, 3.8) is 0 Å². The van der Waals surface area contributed by atoms with E-state index in [1.54, 1.807) is 0 Å². The van der Waals surface area contributed by atoms with E-state index in [9.17, 15) is 0 Å². The second-order valence-electron chi connectivity index (χ2n) is 4.86. The summed E-state index contributed by atoms with van der Waals surface area (Å²) < 4.78 is 0. The predicted octanol–water partition coefficient (Wildman–Crippen LogP) is 3.64. The number of rotatable bonds is 8. The summed E-state index contributed by atoms with van der Waals surface area (Å²) in [7, 11) is 0. The largest absolute Gasteiger partial charge is 0.344 e. The summed E-state index contributed by atoms with van der Waals surface area (Å²) in [5.74, 6) is 1.11. The average molecular weight is 237 g/mol. The Labute approximate surface area is 105 Å². The Bertz CT molecular complexity index is 317. The van der Waals surface area contributed by atoms with Crippen LogP contribution in [0.4, 0.5) is 0 Å². The summed E-state index contributed by atoms with van der Waals surface area (Å²) in [4.78, 5) is 7.95. The molecule has 1 aromatic heterocycles. The Hall–Kier alpha value is -0.830. The fraction of sp³-hybridized carbons (Fsp3) is 0.786. The molecule has 0 aliphatic carbocycles. The van der Waals surface area contributed by atoms with Crippen LogP contribution < -0.4 is 5.73 Å². The van der Waals surface area contributed by atoms with Crippen molar-refractivity contribution in [2.75, 3.05) is 0 Å². The maximum atomic E-state index is 6.03. The smallest absolute Gasteiger partial charge is 0.106 e. The van der Waals surface area contributed by atoms with Crippen molar-refractivity contribution in [1.82, 2.24) is 9.97 Å². The van der Waals surface area contributed by atoms with Crippen LogP contribution in [0.15, 0.2) is 0 Å². The number of aromatic amines is 1. The predicted molar refractivity (Wildman–Crippen MR) is 73.0 cm³/mol. The molecule has 0 amide bonds. The molecule has 1 rings (SSSR count). The van der Waals surface area contributed by atoms with E-state index in [4.69, 9.17) is 5.73 Å². The standard InChI is InChI=1S/C14H27N3/c1-4-6-7-8-9-10-13-16-11(3)14(17-13)12(15)5-2/h12H,4-10,15H2,1-3H3,(H,16,17). The molecule has 0 spiro atoms. The highest BCUT2D eigenvalue weighted by Crippen LogP contribution is 2.17. The van der Waals surface area contributed by atoms with Gasteiger partial charge in [-0.05, 0) is 19.8 Å². The van der Waals surface area contributed by atoms with E-state index >= 15 is 0 Å². The fourth-order valence-electron chi connectivity index (χ4n) is 2.12. The maximum absolute atomic E-state index is 6.03. The van der Waals surface area contributed by atoms with Crippen molar-refractivity contribution in [1.29, 1.82) is 0 Å². The quantitative estimate of drug-likeness (QED) is 0.678. The number of hydrogen-bond acceptors (Lipinski definition) is 2. The second kappa shape index (κ2) is 7.49. The van der Waals surface area contributed by atoms with Crippen LogP contribution in [0.3, 0.4) is 0 Å². The van der Waals surface area contributed by atoms with Crippen LogP contribution in [-0.2, 0) is 6.42 Å². The molecule has 1 unspecified atom stereocenters. The van der Waals surface area contributed by atoms with Crippen LogP contribution >= 0.6 is 0 Å². The zero-order chi connectivity index (χ0) is 12.7. The number of unbranched alkanes of at least 4 members (excludes halogenated alkanes) is 4. The van der Waals surface area contributed by atoms with Gasteiger partial charge in [0.2, 0.25) is 0 Å². The first kappa shape index (κ1) is 14.2. The molecule has 0 aliphatic rings. The van der Waals surface area contributed by atoms with E-state index in [-0.39, 0.29) is 6.04 Å². The Kier molecular flexibility index (Phi) is 6.27. The fourth-order valence-corrected chi connectivity index (χ4v) is 2.12. The van der Waals surface area contributed by atoms with Gasteiger partial charge in [0.05, 0.1) is 11.4 Å². The molecule has 0 radical (unpaired) electrons. The van der Waals surface area contributed by atoms with Crippen LogP contribution in [0.1, 0.15) is 75.6 Å². The third-order valence-electron chi connectivity index (χ3n) is 3.30. The van der Waals surface area contributed by atoms with Crippen molar-refractivity contribution in [3.8, 4) is 0 Å². The molecule has 98 valence electrons. The van der Waals surface area contributed by atoms with Crippen molar-refractivity contribution in [2.24, 2.45) is 5.73 Å². The zero-order valence-corrected chi connectivity index (χ0v) is 11.6. The molecular formula is C14H27N3. The third-order valence-corrected chi connectivity index (χ3v) is 3.30. The summed E-state index contributed by atoms with van der Waals surface area (Å²) in [6.45, 7) is 6.39. The van der Waals surface area contributed by atoms with Gasteiger partial charge in [0.15, 0.2) is 0 Å². The molecule has 0 bridgehead atoms. The van der Waals surface area contributed by atoms with Crippen molar-refractivity contribution < 1.29 is 0 Å². The van der Waals surface area contributed by atoms with Crippen LogP contribution in [-0.4, -0.2) is 9.97 Å². The summed E-state index contributed by atoms with van der Waals surface area (Å²) in [6.07, 6.45) is 8.55. The first-order valence-corrected chi connectivity index (χ1v) is 7.00. The monoisotopic (exact) mass is 237 g/mol. The average Bonchev–Trinajstić information content (AvgIpc) is 2.69. The van der Waals surface area contributed by atoms with Gasteiger partial charge in [-0.15, -0.1) is 0 Å². The molecule has 0 aromatic carbocycles. The number of aryl methyl sites for hydroxylation is 2. The molecule has 3 N–H and O–H groups in total. The molecular weight excluding hydrogens is 210 g/mol. The summed E-state index contributed by atoms with van der Waals surface area (Å²) >= 11 is 0. The number of H-pyrrole nitrogens is 1. The molecule has 0 saturated heterocycles. The Morgan fingerprint density at radius 2 is 1.88 bits per heavy atom. The molecule has 1 atom stereocenters. The van der Waals surface area contributed by atoms with Gasteiger partial charge in [-0.25, -0.2) is 4.98 Å². The number of nitrogens with two attached hydrogens (primary N) is 1. The number of nitrogens with one attached hydrogen (secondary N) is 1. The lowest BCUT2D eigenvalue weighted by Crippen LogP contribution is -2.10. The van der Waals surface area contributed by atoms with Crippen molar-refractivity contribution in [3.05, 3.63) is 17.2 Å². The van der Waals surface area contributed by atoms with E-state index in [0.29, 0.717) is 0 Å².